The summed E-state index contributed by atoms with van der Waals surface area (Å²) in [7, 11) is 0. The first kappa shape index (κ1) is 16.2. The lowest BCUT2D eigenvalue weighted by Gasteiger charge is -2.39. The van der Waals surface area contributed by atoms with Gasteiger partial charge in [-0.25, -0.2) is 0 Å². The summed E-state index contributed by atoms with van der Waals surface area (Å²) < 4.78 is 10.6. The van der Waals surface area contributed by atoms with Crippen molar-refractivity contribution >= 4 is 5.91 Å². The van der Waals surface area contributed by atoms with E-state index in [1.54, 1.807) is 0 Å². The number of carbonyl (C=O) groups excluding carboxylic acids is 1. The minimum Gasteiger partial charge on any atom is -0.389 e. The van der Waals surface area contributed by atoms with Gasteiger partial charge in [-0.2, -0.15) is 0 Å². The minimum absolute atomic E-state index is 0.0890. The number of ether oxygens (including phenoxy) is 2. The predicted molar refractivity (Wildman–Crippen MR) is 81.5 cm³/mol. The maximum atomic E-state index is 12.4. The smallest absolute Gasteiger partial charge is 0.223 e. The maximum Gasteiger partial charge on any atom is 0.223 e. The Morgan fingerprint density at radius 2 is 1.68 bits per heavy atom. The molecule has 0 radical (unpaired) electrons. The van der Waals surface area contributed by atoms with E-state index in [1.807, 2.05) is 0 Å². The first-order valence-corrected chi connectivity index (χ1v) is 8.62. The molecule has 6 nitrogen and oxygen atoms in total. The number of rotatable bonds is 3. The van der Waals surface area contributed by atoms with Gasteiger partial charge in [0.2, 0.25) is 5.91 Å². The van der Waals surface area contributed by atoms with Gasteiger partial charge in [0.1, 0.15) is 0 Å². The van der Waals surface area contributed by atoms with Crippen molar-refractivity contribution in [2.75, 3.05) is 39.5 Å². The summed E-state index contributed by atoms with van der Waals surface area (Å²) in [6.07, 6.45) is 4.20. The summed E-state index contributed by atoms with van der Waals surface area (Å²) in [5.41, 5.74) is 0. The van der Waals surface area contributed by atoms with Gasteiger partial charge in [0, 0.05) is 31.8 Å². The van der Waals surface area contributed by atoms with Crippen LogP contribution in [-0.2, 0) is 14.3 Å². The van der Waals surface area contributed by atoms with Crippen LogP contribution in [0, 0.1) is 5.92 Å². The molecular formula is C16H28N2O4. The Kier molecular flexibility index (Phi) is 5.68. The van der Waals surface area contributed by atoms with E-state index in [2.05, 4.69) is 10.2 Å². The molecule has 3 heterocycles. The van der Waals surface area contributed by atoms with Crippen molar-refractivity contribution in [3.8, 4) is 0 Å². The quantitative estimate of drug-likeness (QED) is 0.776. The number of hydrogen-bond donors (Lipinski definition) is 2. The number of hydrogen-bond acceptors (Lipinski definition) is 5. The zero-order chi connectivity index (χ0) is 15.4. The summed E-state index contributed by atoms with van der Waals surface area (Å²) in [5.74, 6) is 0.198. The molecule has 0 unspecified atom stereocenters. The van der Waals surface area contributed by atoms with E-state index >= 15 is 0 Å². The molecule has 6 heteroatoms. The standard InChI is InChI=1S/C16H28N2O4/c19-15-11-22-10-5-14(15)17-16(20)12-1-6-18(7-2-12)13-3-8-21-9-4-13/h12-15,19H,1-11H2,(H,17,20)/t14-,15-/m1/s1. The SMILES string of the molecule is O=C(N[C@@H]1CCOC[C@H]1O)C1CCN(C2CCOCC2)CC1. The molecule has 1 amide bonds. The highest BCUT2D eigenvalue weighted by atomic mass is 16.5. The molecule has 2 N–H and O–H groups in total. The van der Waals surface area contributed by atoms with Crippen molar-refractivity contribution in [2.24, 2.45) is 5.92 Å². The van der Waals surface area contributed by atoms with Gasteiger partial charge in [-0.05, 0) is 45.2 Å². The van der Waals surface area contributed by atoms with Crippen LogP contribution in [0.2, 0.25) is 0 Å². The van der Waals surface area contributed by atoms with Crippen LogP contribution in [0.3, 0.4) is 0 Å². The van der Waals surface area contributed by atoms with E-state index in [-0.39, 0.29) is 17.9 Å². The molecule has 0 aliphatic carbocycles. The summed E-state index contributed by atoms with van der Waals surface area (Å²) in [5, 5.41) is 12.9. The Morgan fingerprint density at radius 1 is 1.00 bits per heavy atom. The van der Waals surface area contributed by atoms with Gasteiger partial charge in [-0.3, -0.25) is 4.79 Å². The summed E-state index contributed by atoms with van der Waals surface area (Å²) >= 11 is 0. The Balaban J connectivity index is 1.43. The normalized spacial score (nSPS) is 32.8. The fraction of sp³-hybridized carbons (Fsp3) is 0.938. The molecule has 22 heavy (non-hydrogen) atoms. The van der Waals surface area contributed by atoms with E-state index in [4.69, 9.17) is 9.47 Å². The van der Waals surface area contributed by atoms with E-state index < -0.39 is 6.10 Å². The number of aliphatic hydroxyl groups is 1. The largest absolute Gasteiger partial charge is 0.389 e. The molecular weight excluding hydrogens is 284 g/mol. The third-order valence-corrected chi connectivity index (χ3v) is 5.26. The zero-order valence-corrected chi connectivity index (χ0v) is 13.2. The number of piperidine rings is 1. The lowest BCUT2D eigenvalue weighted by molar-refractivity contribution is -0.130. The monoisotopic (exact) mass is 312 g/mol. The Morgan fingerprint density at radius 3 is 2.36 bits per heavy atom. The number of likely N-dealkylation sites (tertiary alicyclic amines) is 1. The Bertz CT molecular complexity index is 365. The van der Waals surface area contributed by atoms with Crippen LogP contribution in [0.4, 0.5) is 0 Å². The van der Waals surface area contributed by atoms with Crippen LogP contribution in [0.25, 0.3) is 0 Å². The van der Waals surface area contributed by atoms with Gasteiger partial charge in [0.05, 0.1) is 18.8 Å². The molecule has 3 fully saturated rings. The van der Waals surface area contributed by atoms with Gasteiger partial charge in [0.15, 0.2) is 0 Å². The first-order valence-electron chi connectivity index (χ1n) is 8.62. The van der Waals surface area contributed by atoms with Crippen molar-refractivity contribution in [1.82, 2.24) is 10.2 Å². The number of carbonyl (C=O) groups is 1. The summed E-state index contributed by atoms with van der Waals surface area (Å²) in [6, 6.07) is 0.491. The molecule has 0 spiro atoms. The molecule has 0 bridgehead atoms. The minimum atomic E-state index is -0.569. The highest BCUT2D eigenvalue weighted by Crippen LogP contribution is 2.23. The number of amides is 1. The predicted octanol–water partition coefficient (Wildman–Crippen LogP) is 0.143. The Hall–Kier alpha value is -0.690. The molecule has 126 valence electrons. The molecule has 0 aromatic rings. The van der Waals surface area contributed by atoms with E-state index in [0.717, 1.165) is 52.0 Å². The van der Waals surface area contributed by atoms with Crippen molar-refractivity contribution < 1.29 is 19.4 Å². The highest BCUT2D eigenvalue weighted by Gasteiger charge is 2.32. The molecule has 3 rings (SSSR count). The fourth-order valence-corrected chi connectivity index (χ4v) is 3.77. The average Bonchev–Trinajstić information content (AvgIpc) is 2.58. The third kappa shape index (κ3) is 3.98. The fourth-order valence-electron chi connectivity index (χ4n) is 3.77. The second-order valence-electron chi connectivity index (χ2n) is 6.70. The van der Waals surface area contributed by atoms with Gasteiger partial charge >= 0.3 is 0 Å². The van der Waals surface area contributed by atoms with Gasteiger partial charge in [-0.15, -0.1) is 0 Å². The number of nitrogens with one attached hydrogen (secondary N) is 1. The van der Waals surface area contributed by atoms with Crippen LogP contribution < -0.4 is 5.32 Å². The third-order valence-electron chi connectivity index (χ3n) is 5.26. The molecule has 0 aromatic heterocycles. The number of aliphatic hydroxyl groups excluding tert-OH is 1. The molecule has 3 aliphatic rings. The second-order valence-corrected chi connectivity index (χ2v) is 6.70. The molecule has 2 atom stereocenters. The van der Waals surface area contributed by atoms with Crippen molar-refractivity contribution in [3.63, 3.8) is 0 Å². The van der Waals surface area contributed by atoms with Gasteiger partial charge in [-0.1, -0.05) is 0 Å². The van der Waals surface area contributed by atoms with Crippen molar-refractivity contribution in [3.05, 3.63) is 0 Å². The lowest BCUT2D eigenvalue weighted by Crippen LogP contribution is -2.52. The summed E-state index contributed by atoms with van der Waals surface area (Å²) in [4.78, 5) is 14.9. The van der Waals surface area contributed by atoms with E-state index in [0.29, 0.717) is 25.7 Å². The van der Waals surface area contributed by atoms with Crippen molar-refractivity contribution in [2.45, 2.75) is 50.3 Å². The summed E-state index contributed by atoms with van der Waals surface area (Å²) in [6.45, 7) is 4.68. The molecule has 0 saturated carbocycles. The highest BCUT2D eigenvalue weighted by molar-refractivity contribution is 5.79. The van der Waals surface area contributed by atoms with Crippen LogP contribution >= 0.6 is 0 Å². The average molecular weight is 312 g/mol. The second kappa shape index (κ2) is 7.73. The van der Waals surface area contributed by atoms with E-state index in [1.165, 1.54) is 0 Å². The molecule has 3 saturated heterocycles. The van der Waals surface area contributed by atoms with Crippen LogP contribution in [0.5, 0.6) is 0 Å². The topological polar surface area (TPSA) is 71.0 Å². The van der Waals surface area contributed by atoms with Crippen LogP contribution in [0.15, 0.2) is 0 Å². The first-order chi connectivity index (χ1) is 10.7. The van der Waals surface area contributed by atoms with Crippen LogP contribution in [0.1, 0.15) is 32.1 Å². The van der Waals surface area contributed by atoms with Gasteiger partial charge < -0.3 is 24.8 Å². The lowest BCUT2D eigenvalue weighted by atomic mass is 9.92. The van der Waals surface area contributed by atoms with Crippen LogP contribution in [-0.4, -0.2) is 73.6 Å². The van der Waals surface area contributed by atoms with Crippen molar-refractivity contribution in [1.29, 1.82) is 0 Å². The van der Waals surface area contributed by atoms with E-state index in [9.17, 15) is 9.90 Å². The Labute approximate surface area is 132 Å². The van der Waals surface area contributed by atoms with Gasteiger partial charge in [0.25, 0.3) is 0 Å². The molecule has 0 aromatic carbocycles. The number of nitrogens with zero attached hydrogens (tertiary/aromatic N) is 1. The maximum absolute atomic E-state index is 12.4. The molecule has 3 aliphatic heterocycles. The zero-order valence-electron chi connectivity index (χ0n) is 13.2.